The van der Waals surface area contributed by atoms with Crippen molar-refractivity contribution in [1.29, 1.82) is 0 Å². The Kier molecular flexibility index (Phi) is 5.89. The zero-order valence-electron chi connectivity index (χ0n) is 21.2. The zero-order valence-corrected chi connectivity index (χ0v) is 22.9. The summed E-state index contributed by atoms with van der Waals surface area (Å²) in [4.78, 5) is 0.462. The maximum absolute atomic E-state index is 13.3. The van der Waals surface area contributed by atoms with Gasteiger partial charge in [0.15, 0.2) is 0 Å². The molecule has 0 radical (unpaired) electrons. The molecule has 0 amide bonds. The average molecular weight is 517 g/mol. The van der Waals surface area contributed by atoms with Crippen molar-refractivity contribution in [3.8, 4) is 0 Å². The van der Waals surface area contributed by atoms with Gasteiger partial charge in [-0.2, -0.15) is 0 Å². The van der Waals surface area contributed by atoms with Crippen LogP contribution in [-0.2, 0) is 20.0 Å². The monoisotopic (exact) mass is 516 g/mol. The Morgan fingerprint density at radius 3 is 1.54 bits per heavy atom. The minimum Gasteiger partial charge on any atom is -0.280 e. The largest absolute Gasteiger partial charge is 0.280 e. The van der Waals surface area contributed by atoms with Crippen LogP contribution in [0, 0.1) is 52.4 Å². The van der Waals surface area contributed by atoms with Crippen LogP contribution in [0.4, 0.5) is 5.69 Å². The highest BCUT2D eigenvalue weighted by Gasteiger charge is 2.52. The summed E-state index contributed by atoms with van der Waals surface area (Å²) in [6.07, 6.45) is 6.54. The number of sulfonamides is 2. The minimum absolute atomic E-state index is 0.172. The van der Waals surface area contributed by atoms with Crippen LogP contribution in [0.15, 0.2) is 34.1 Å². The molecule has 4 saturated carbocycles. The van der Waals surface area contributed by atoms with E-state index in [0.29, 0.717) is 28.3 Å². The van der Waals surface area contributed by atoms with Gasteiger partial charge < -0.3 is 0 Å². The zero-order chi connectivity index (χ0) is 25.3. The highest BCUT2D eigenvalue weighted by molar-refractivity contribution is 7.92. The van der Waals surface area contributed by atoms with Gasteiger partial charge in [0.05, 0.1) is 9.79 Å². The third kappa shape index (κ3) is 4.31. The van der Waals surface area contributed by atoms with Crippen molar-refractivity contribution >= 4 is 25.7 Å². The predicted molar refractivity (Wildman–Crippen MR) is 139 cm³/mol. The Balaban J connectivity index is 1.37. The number of rotatable bonds is 6. The van der Waals surface area contributed by atoms with E-state index in [1.807, 2.05) is 34.6 Å². The van der Waals surface area contributed by atoms with E-state index >= 15 is 0 Å². The Labute approximate surface area is 210 Å². The van der Waals surface area contributed by atoms with Crippen molar-refractivity contribution < 1.29 is 16.8 Å². The Morgan fingerprint density at radius 2 is 1.09 bits per heavy atom. The number of anilines is 1. The number of hydrogen-bond acceptors (Lipinski definition) is 4. The molecule has 4 aliphatic rings. The third-order valence-electron chi connectivity index (χ3n) is 9.01. The molecule has 2 aromatic rings. The summed E-state index contributed by atoms with van der Waals surface area (Å²) in [5, 5.41) is 0. The molecule has 2 aromatic carbocycles. The summed E-state index contributed by atoms with van der Waals surface area (Å²) in [5.74, 6) is 1.92. The highest BCUT2D eigenvalue weighted by atomic mass is 32.2. The fourth-order valence-corrected chi connectivity index (χ4v) is 10.4. The molecular formula is C27H36N2O4S2. The van der Waals surface area contributed by atoms with E-state index in [1.165, 1.54) is 43.5 Å². The first kappa shape index (κ1) is 24.8. The molecule has 6 rings (SSSR count). The summed E-state index contributed by atoms with van der Waals surface area (Å²) in [5.41, 5.74) is 4.52. The van der Waals surface area contributed by atoms with E-state index in [2.05, 4.69) is 9.44 Å². The van der Waals surface area contributed by atoms with E-state index in [-0.39, 0.29) is 10.4 Å². The van der Waals surface area contributed by atoms with Crippen LogP contribution in [0.3, 0.4) is 0 Å². The summed E-state index contributed by atoms with van der Waals surface area (Å²) >= 11 is 0. The topological polar surface area (TPSA) is 92.3 Å². The van der Waals surface area contributed by atoms with E-state index in [1.54, 1.807) is 0 Å². The van der Waals surface area contributed by atoms with Crippen LogP contribution in [0.5, 0.6) is 0 Å². The molecule has 6 nitrogen and oxygen atoms in total. The van der Waals surface area contributed by atoms with Crippen molar-refractivity contribution in [3.63, 3.8) is 0 Å². The first-order valence-corrected chi connectivity index (χ1v) is 15.5. The normalized spacial score (nSPS) is 27.9. The Bertz CT molecular complexity index is 1330. The molecule has 35 heavy (non-hydrogen) atoms. The van der Waals surface area contributed by atoms with Crippen molar-refractivity contribution in [2.75, 3.05) is 4.72 Å². The molecule has 0 heterocycles. The van der Waals surface area contributed by atoms with Crippen molar-refractivity contribution in [2.24, 2.45) is 17.8 Å². The van der Waals surface area contributed by atoms with E-state index in [4.69, 9.17) is 0 Å². The number of hydrogen-bond donors (Lipinski definition) is 2. The predicted octanol–water partition coefficient (Wildman–Crippen LogP) is 5.28. The molecule has 0 spiro atoms. The molecule has 8 heteroatoms. The fraction of sp³-hybridized carbons (Fsp3) is 0.556. The second-order valence-corrected chi connectivity index (χ2v) is 14.7. The fourth-order valence-electron chi connectivity index (χ4n) is 7.36. The standard InChI is InChI=1S/C27H36N2O4S2/c1-16-17(2)19(4)26(20(5)18(16)3)35(32,33)28-24-6-8-25(9-7-24)34(30,31)29-27-13-21-10-22(14-27)12-23(11-21)15-27/h6-9,21-23,28-29H,10-15H2,1-5H3. The SMILES string of the molecule is Cc1c(C)c(C)c(S(=O)(=O)Nc2ccc(S(=O)(=O)NC34CC5CC(CC(C5)C3)C4)cc2)c(C)c1C. The van der Waals surface area contributed by atoms with Crippen LogP contribution in [0.2, 0.25) is 0 Å². The van der Waals surface area contributed by atoms with Gasteiger partial charge in [-0.15, -0.1) is 0 Å². The van der Waals surface area contributed by atoms with Gasteiger partial charge in [0.2, 0.25) is 10.0 Å². The molecule has 4 bridgehead atoms. The third-order valence-corrected chi connectivity index (χ3v) is 12.3. The van der Waals surface area contributed by atoms with Crippen molar-refractivity contribution in [3.05, 3.63) is 52.1 Å². The summed E-state index contributed by atoms with van der Waals surface area (Å²) in [6, 6.07) is 6.05. The lowest BCUT2D eigenvalue weighted by Crippen LogP contribution is -2.59. The Morgan fingerprint density at radius 1 is 0.657 bits per heavy atom. The molecule has 0 aliphatic heterocycles. The van der Waals surface area contributed by atoms with Gasteiger partial charge in [0.1, 0.15) is 0 Å². The average Bonchev–Trinajstić information content (AvgIpc) is 2.74. The van der Waals surface area contributed by atoms with Crippen LogP contribution in [0.1, 0.15) is 66.3 Å². The molecule has 2 N–H and O–H groups in total. The van der Waals surface area contributed by atoms with Gasteiger partial charge in [-0.25, -0.2) is 21.6 Å². The van der Waals surface area contributed by atoms with Gasteiger partial charge >= 0.3 is 0 Å². The second-order valence-electron chi connectivity index (χ2n) is 11.4. The van der Waals surface area contributed by atoms with Gasteiger partial charge in [-0.3, -0.25) is 4.72 Å². The minimum atomic E-state index is -3.84. The lowest BCUT2D eigenvalue weighted by atomic mass is 9.53. The molecule has 0 aromatic heterocycles. The van der Waals surface area contributed by atoms with Crippen LogP contribution < -0.4 is 9.44 Å². The van der Waals surface area contributed by atoms with E-state index in [9.17, 15) is 16.8 Å². The first-order chi connectivity index (χ1) is 16.3. The first-order valence-electron chi connectivity index (χ1n) is 12.5. The second kappa shape index (κ2) is 8.32. The maximum atomic E-state index is 13.3. The lowest BCUT2D eigenvalue weighted by molar-refractivity contribution is -0.00810. The number of nitrogens with one attached hydrogen (secondary N) is 2. The maximum Gasteiger partial charge on any atom is 0.262 e. The summed E-state index contributed by atoms with van der Waals surface area (Å²) in [6.45, 7) is 9.54. The van der Waals surface area contributed by atoms with Crippen molar-refractivity contribution in [2.45, 2.75) is 88.5 Å². The van der Waals surface area contributed by atoms with E-state index < -0.39 is 20.0 Å². The van der Waals surface area contributed by atoms with Crippen LogP contribution in [0.25, 0.3) is 0 Å². The highest BCUT2D eigenvalue weighted by Crippen LogP contribution is 2.56. The van der Waals surface area contributed by atoms with E-state index in [0.717, 1.165) is 47.1 Å². The van der Waals surface area contributed by atoms with Gasteiger partial charge in [-0.1, -0.05) is 0 Å². The molecule has 190 valence electrons. The van der Waals surface area contributed by atoms with Gasteiger partial charge in [0.25, 0.3) is 10.0 Å². The molecule has 0 saturated heterocycles. The van der Waals surface area contributed by atoms with Crippen molar-refractivity contribution in [1.82, 2.24) is 4.72 Å². The number of benzene rings is 2. The molecule has 4 fully saturated rings. The lowest BCUT2D eigenvalue weighted by Gasteiger charge is -2.56. The molecular weight excluding hydrogens is 480 g/mol. The summed E-state index contributed by atoms with van der Waals surface area (Å²) in [7, 11) is -7.53. The quantitative estimate of drug-likeness (QED) is 0.547. The van der Waals surface area contributed by atoms with Crippen LogP contribution >= 0.6 is 0 Å². The molecule has 0 atom stereocenters. The Hall–Kier alpha value is -1.90. The summed E-state index contributed by atoms with van der Waals surface area (Å²) < 4.78 is 58.9. The molecule has 0 unspecified atom stereocenters. The molecule has 4 aliphatic carbocycles. The van der Waals surface area contributed by atoms with Gasteiger partial charge in [0, 0.05) is 11.2 Å². The smallest absolute Gasteiger partial charge is 0.262 e. The van der Waals surface area contributed by atoms with Gasteiger partial charge in [-0.05, 0) is 143 Å². The van der Waals surface area contributed by atoms with Crippen LogP contribution in [-0.4, -0.2) is 22.4 Å².